The zero-order valence-electron chi connectivity index (χ0n) is 11.1. The average molecular weight is 275 g/mol. The number of hydrogen-bond donors (Lipinski definition) is 1. The monoisotopic (exact) mass is 275 g/mol. The topological polar surface area (TPSA) is 35.2 Å². The van der Waals surface area contributed by atoms with Crippen molar-refractivity contribution in [3.63, 3.8) is 0 Å². The lowest BCUT2D eigenvalue weighted by Gasteiger charge is -2.31. The third-order valence-corrected chi connectivity index (χ3v) is 3.61. The molecule has 1 unspecified atom stereocenters. The minimum Gasteiger partial charge on any atom is -0.485 e. The SMILES string of the molecule is Cc1ccc2c(c1)[C@H](N)CC(c1cc(F)ccc1F)O2. The molecule has 2 atom stereocenters. The van der Waals surface area contributed by atoms with Crippen molar-refractivity contribution < 1.29 is 13.5 Å². The Balaban J connectivity index is 1.99. The van der Waals surface area contributed by atoms with Crippen LogP contribution in [0.15, 0.2) is 36.4 Å². The number of halogens is 2. The summed E-state index contributed by atoms with van der Waals surface area (Å²) < 4.78 is 32.9. The summed E-state index contributed by atoms with van der Waals surface area (Å²) in [7, 11) is 0. The Morgan fingerprint density at radius 2 is 1.90 bits per heavy atom. The van der Waals surface area contributed by atoms with Crippen LogP contribution in [0.2, 0.25) is 0 Å². The maximum absolute atomic E-state index is 13.8. The molecule has 2 aromatic carbocycles. The van der Waals surface area contributed by atoms with E-state index < -0.39 is 17.7 Å². The molecular weight excluding hydrogens is 260 g/mol. The van der Waals surface area contributed by atoms with Gasteiger partial charge in [-0.3, -0.25) is 0 Å². The number of nitrogens with two attached hydrogens (primary N) is 1. The van der Waals surface area contributed by atoms with Crippen LogP contribution in [-0.2, 0) is 0 Å². The minimum atomic E-state index is -0.559. The van der Waals surface area contributed by atoms with E-state index in [0.29, 0.717) is 12.2 Å². The van der Waals surface area contributed by atoms with Crippen LogP contribution in [0.5, 0.6) is 5.75 Å². The second-order valence-corrected chi connectivity index (χ2v) is 5.16. The van der Waals surface area contributed by atoms with Crippen LogP contribution in [0.1, 0.15) is 35.3 Å². The highest BCUT2D eigenvalue weighted by Gasteiger charge is 2.29. The quantitative estimate of drug-likeness (QED) is 0.859. The molecule has 104 valence electrons. The van der Waals surface area contributed by atoms with Crippen LogP contribution in [-0.4, -0.2) is 0 Å². The molecule has 0 spiro atoms. The summed E-state index contributed by atoms with van der Waals surface area (Å²) in [5.41, 5.74) is 8.36. The van der Waals surface area contributed by atoms with E-state index in [9.17, 15) is 8.78 Å². The summed E-state index contributed by atoms with van der Waals surface area (Å²) in [4.78, 5) is 0. The molecule has 4 heteroatoms. The molecule has 0 saturated heterocycles. The van der Waals surface area contributed by atoms with E-state index in [4.69, 9.17) is 10.5 Å². The maximum atomic E-state index is 13.8. The third-order valence-electron chi connectivity index (χ3n) is 3.61. The molecule has 1 heterocycles. The molecule has 3 rings (SSSR count). The van der Waals surface area contributed by atoms with Gasteiger partial charge in [0.15, 0.2) is 0 Å². The lowest BCUT2D eigenvalue weighted by molar-refractivity contribution is 0.157. The van der Waals surface area contributed by atoms with Crippen LogP contribution in [0.4, 0.5) is 8.78 Å². The average Bonchev–Trinajstić information content (AvgIpc) is 2.42. The molecule has 0 radical (unpaired) electrons. The van der Waals surface area contributed by atoms with Crippen molar-refractivity contribution in [2.45, 2.75) is 25.5 Å². The smallest absolute Gasteiger partial charge is 0.130 e. The molecule has 2 aromatic rings. The first-order chi connectivity index (χ1) is 9.54. The van der Waals surface area contributed by atoms with E-state index in [1.807, 2.05) is 25.1 Å². The lowest BCUT2D eigenvalue weighted by Crippen LogP contribution is -2.25. The molecule has 2 nitrogen and oxygen atoms in total. The maximum Gasteiger partial charge on any atom is 0.130 e. The Bertz CT molecular complexity index is 657. The normalized spacial score (nSPS) is 21.2. The van der Waals surface area contributed by atoms with Crippen molar-refractivity contribution in [1.29, 1.82) is 0 Å². The summed E-state index contributed by atoms with van der Waals surface area (Å²) in [5.74, 6) is -0.310. The Labute approximate surface area is 116 Å². The fourth-order valence-corrected chi connectivity index (χ4v) is 2.58. The van der Waals surface area contributed by atoms with Gasteiger partial charge in [-0.15, -0.1) is 0 Å². The molecule has 0 bridgehead atoms. The molecule has 1 aliphatic heterocycles. The van der Waals surface area contributed by atoms with Gasteiger partial charge in [0.1, 0.15) is 23.5 Å². The second kappa shape index (κ2) is 4.87. The van der Waals surface area contributed by atoms with Gasteiger partial charge in [-0.2, -0.15) is 0 Å². The highest BCUT2D eigenvalue weighted by Crippen LogP contribution is 2.40. The van der Waals surface area contributed by atoms with E-state index in [2.05, 4.69) is 0 Å². The van der Waals surface area contributed by atoms with Gasteiger partial charge in [-0.1, -0.05) is 17.7 Å². The molecule has 0 fully saturated rings. The van der Waals surface area contributed by atoms with E-state index in [-0.39, 0.29) is 11.6 Å². The van der Waals surface area contributed by atoms with Crippen molar-refractivity contribution in [3.8, 4) is 5.75 Å². The van der Waals surface area contributed by atoms with Crippen LogP contribution < -0.4 is 10.5 Å². The summed E-state index contributed by atoms with van der Waals surface area (Å²) in [5, 5.41) is 0. The van der Waals surface area contributed by atoms with Gasteiger partial charge in [0.05, 0.1) is 0 Å². The minimum absolute atomic E-state index is 0.215. The van der Waals surface area contributed by atoms with Crippen molar-refractivity contribution >= 4 is 0 Å². The number of fused-ring (bicyclic) bond motifs is 1. The first kappa shape index (κ1) is 13.1. The van der Waals surface area contributed by atoms with E-state index in [1.165, 1.54) is 6.07 Å². The van der Waals surface area contributed by atoms with Crippen molar-refractivity contribution in [2.75, 3.05) is 0 Å². The molecule has 0 aromatic heterocycles. The second-order valence-electron chi connectivity index (χ2n) is 5.16. The first-order valence-electron chi connectivity index (χ1n) is 6.52. The predicted octanol–water partition coefficient (Wildman–Crippen LogP) is 3.80. The van der Waals surface area contributed by atoms with Gasteiger partial charge in [0, 0.05) is 23.6 Å². The summed E-state index contributed by atoms with van der Waals surface area (Å²) in [6.07, 6.45) is -0.132. The summed E-state index contributed by atoms with van der Waals surface area (Å²) in [6, 6.07) is 8.85. The van der Waals surface area contributed by atoms with Gasteiger partial charge < -0.3 is 10.5 Å². The number of benzene rings is 2. The molecule has 20 heavy (non-hydrogen) atoms. The Kier molecular flexibility index (Phi) is 3.18. The summed E-state index contributed by atoms with van der Waals surface area (Å²) >= 11 is 0. The molecule has 1 aliphatic rings. The van der Waals surface area contributed by atoms with E-state index >= 15 is 0 Å². The van der Waals surface area contributed by atoms with Gasteiger partial charge in [0.25, 0.3) is 0 Å². The fraction of sp³-hybridized carbons (Fsp3) is 0.250. The standard InChI is InChI=1S/C16H15F2NO/c1-9-2-5-15-12(6-9)14(19)8-16(20-15)11-7-10(17)3-4-13(11)18/h2-7,14,16H,8,19H2,1H3/t14-,16?/m1/s1. The van der Waals surface area contributed by atoms with Gasteiger partial charge >= 0.3 is 0 Å². The molecule has 2 N–H and O–H groups in total. The fourth-order valence-electron chi connectivity index (χ4n) is 2.58. The van der Waals surface area contributed by atoms with E-state index in [0.717, 1.165) is 23.3 Å². The molecule has 0 saturated carbocycles. The highest BCUT2D eigenvalue weighted by molar-refractivity contribution is 5.41. The lowest BCUT2D eigenvalue weighted by atomic mass is 9.92. The van der Waals surface area contributed by atoms with Crippen molar-refractivity contribution in [2.24, 2.45) is 5.73 Å². The summed E-state index contributed by atoms with van der Waals surface area (Å²) in [6.45, 7) is 1.98. The first-order valence-corrected chi connectivity index (χ1v) is 6.52. The number of hydrogen-bond acceptors (Lipinski definition) is 2. The van der Waals surface area contributed by atoms with Crippen LogP contribution in [0.3, 0.4) is 0 Å². The van der Waals surface area contributed by atoms with Crippen LogP contribution in [0, 0.1) is 18.6 Å². The zero-order chi connectivity index (χ0) is 14.3. The van der Waals surface area contributed by atoms with Gasteiger partial charge in [-0.25, -0.2) is 8.78 Å². The number of rotatable bonds is 1. The molecule has 0 aliphatic carbocycles. The van der Waals surface area contributed by atoms with Gasteiger partial charge in [0.2, 0.25) is 0 Å². The Hall–Kier alpha value is -1.94. The zero-order valence-corrected chi connectivity index (χ0v) is 11.1. The van der Waals surface area contributed by atoms with Crippen LogP contribution in [0.25, 0.3) is 0 Å². The molecular formula is C16H15F2NO. The van der Waals surface area contributed by atoms with Gasteiger partial charge in [-0.05, 0) is 31.2 Å². The molecule has 0 amide bonds. The Morgan fingerprint density at radius 1 is 1.10 bits per heavy atom. The predicted molar refractivity (Wildman–Crippen MR) is 72.5 cm³/mol. The third kappa shape index (κ3) is 2.27. The van der Waals surface area contributed by atoms with Crippen molar-refractivity contribution in [1.82, 2.24) is 0 Å². The van der Waals surface area contributed by atoms with Crippen molar-refractivity contribution in [3.05, 3.63) is 64.7 Å². The number of aryl methyl sites for hydroxylation is 1. The van der Waals surface area contributed by atoms with Crippen LogP contribution >= 0.6 is 0 Å². The van der Waals surface area contributed by atoms with E-state index in [1.54, 1.807) is 0 Å². The Morgan fingerprint density at radius 3 is 2.70 bits per heavy atom. The highest BCUT2D eigenvalue weighted by atomic mass is 19.1. The number of ether oxygens (including phenoxy) is 1. The largest absolute Gasteiger partial charge is 0.485 e.